The summed E-state index contributed by atoms with van der Waals surface area (Å²) in [6.07, 6.45) is 1.90. The Morgan fingerprint density at radius 3 is 2.67 bits per heavy atom. The van der Waals surface area contributed by atoms with Gasteiger partial charge in [-0.1, -0.05) is 11.8 Å². The Hall–Kier alpha value is -2.59. The molecular weight excluding hydrogens is 406 g/mol. The van der Waals surface area contributed by atoms with E-state index in [1.165, 1.54) is 16.3 Å². The molecule has 1 saturated heterocycles. The topological polar surface area (TPSA) is 109 Å². The first kappa shape index (κ1) is 22.1. The monoisotopic (exact) mass is 433 g/mol. The number of hydrogen-bond donors (Lipinski definition) is 2. The maximum Gasteiger partial charge on any atom is 0.344 e. The van der Waals surface area contributed by atoms with Crippen LogP contribution in [-0.2, 0) is 16.1 Å². The van der Waals surface area contributed by atoms with E-state index >= 15 is 0 Å². The van der Waals surface area contributed by atoms with Crippen molar-refractivity contribution in [3.63, 3.8) is 0 Å². The van der Waals surface area contributed by atoms with Gasteiger partial charge in [0.25, 0.3) is 5.91 Å². The summed E-state index contributed by atoms with van der Waals surface area (Å²) in [5, 5.41) is 9.71. The standard InChI is InChI=1S/C20H27N5O4S/c1-3-24(4-2)18(27)14-7-9-15(10-8-14)21-17(26)13-30-20-23-22-19(28)25(20)12-16-6-5-11-29-16/h7-10,16H,3-6,11-13H2,1-2H3,(H,21,26)(H,22,28)/t16-/m1/s1. The van der Waals surface area contributed by atoms with E-state index in [4.69, 9.17) is 4.74 Å². The molecule has 2 N–H and O–H groups in total. The van der Waals surface area contributed by atoms with Gasteiger partial charge in [-0.2, -0.15) is 0 Å². The number of ether oxygens (including phenoxy) is 1. The molecular formula is C20H27N5O4S. The van der Waals surface area contributed by atoms with Crippen molar-refractivity contribution in [3.05, 3.63) is 40.3 Å². The Labute approximate surface area is 179 Å². The fourth-order valence-electron chi connectivity index (χ4n) is 3.28. The molecule has 2 amide bonds. The molecule has 0 unspecified atom stereocenters. The van der Waals surface area contributed by atoms with Crippen LogP contribution >= 0.6 is 11.8 Å². The molecule has 1 aromatic carbocycles. The van der Waals surface area contributed by atoms with Crippen LogP contribution in [0.15, 0.2) is 34.2 Å². The van der Waals surface area contributed by atoms with Gasteiger partial charge in [-0.25, -0.2) is 9.89 Å². The van der Waals surface area contributed by atoms with Crippen LogP contribution in [0, 0.1) is 0 Å². The summed E-state index contributed by atoms with van der Waals surface area (Å²) in [7, 11) is 0. The first-order chi connectivity index (χ1) is 14.5. The number of H-pyrrole nitrogens is 1. The van der Waals surface area contributed by atoms with E-state index < -0.39 is 0 Å². The number of nitrogens with zero attached hydrogens (tertiary/aromatic N) is 3. The average molecular weight is 434 g/mol. The van der Waals surface area contributed by atoms with Crippen LogP contribution in [-0.4, -0.2) is 63.0 Å². The summed E-state index contributed by atoms with van der Waals surface area (Å²) in [5.74, 6) is -0.145. The molecule has 0 spiro atoms. The van der Waals surface area contributed by atoms with E-state index in [-0.39, 0.29) is 29.4 Å². The highest BCUT2D eigenvalue weighted by molar-refractivity contribution is 7.99. The van der Waals surface area contributed by atoms with Crippen LogP contribution in [0.1, 0.15) is 37.0 Å². The summed E-state index contributed by atoms with van der Waals surface area (Å²) in [6.45, 7) is 6.32. The second kappa shape index (κ2) is 10.4. The number of benzene rings is 1. The predicted molar refractivity (Wildman–Crippen MR) is 115 cm³/mol. The van der Waals surface area contributed by atoms with Gasteiger partial charge in [-0.3, -0.25) is 14.2 Å². The van der Waals surface area contributed by atoms with Crippen molar-refractivity contribution in [1.29, 1.82) is 0 Å². The molecule has 1 aliphatic rings. The van der Waals surface area contributed by atoms with E-state index in [0.29, 0.717) is 42.6 Å². The van der Waals surface area contributed by atoms with Gasteiger partial charge in [0, 0.05) is 30.9 Å². The van der Waals surface area contributed by atoms with Crippen LogP contribution in [0.3, 0.4) is 0 Å². The highest BCUT2D eigenvalue weighted by atomic mass is 32.2. The number of hydrogen-bond acceptors (Lipinski definition) is 6. The molecule has 1 atom stereocenters. The van der Waals surface area contributed by atoms with E-state index in [1.54, 1.807) is 29.2 Å². The minimum absolute atomic E-state index is 0.00559. The smallest absolute Gasteiger partial charge is 0.344 e. The molecule has 1 aromatic heterocycles. The van der Waals surface area contributed by atoms with E-state index in [1.807, 2.05) is 13.8 Å². The zero-order valence-electron chi connectivity index (χ0n) is 17.2. The molecule has 3 rings (SSSR count). The largest absolute Gasteiger partial charge is 0.376 e. The Bertz CT molecular complexity index is 914. The van der Waals surface area contributed by atoms with Crippen molar-refractivity contribution < 1.29 is 14.3 Å². The molecule has 10 heteroatoms. The van der Waals surface area contributed by atoms with Crippen LogP contribution in [0.25, 0.3) is 0 Å². The van der Waals surface area contributed by atoms with Crippen molar-refractivity contribution in [2.45, 2.75) is 44.5 Å². The quantitative estimate of drug-likeness (QED) is 0.585. The van der Waals surface area contributed by atoms with E-state index in [0.717, 1.165) is 12.8 Å². The third-order valence-electron chi connectivity index (χ3n) is 4.93. The van der Waals surface area contributed by atoms with Crippen molar-refractivity contribution in [2.75, 3.05) is 30.8 Å². The fraction of sp³-hybridized carbons (Fsp3) is 0.500. The van der Waals surface area contributed by atoms with Gasteiger partial charge >= 0.3 is 5.69 Å². The van der Waals surface area contributed by atoms with Gasteiger partial charge in [0.05, 0.1) is 18.4 Å². The molecule has 0 bridgehead atoms. The molecule has 2 aromatic rings. The number of anilines is 1. The first-order valence-corrected chi connectivity index (χ1v) is 11.1. The van der Waals surface area contributed by atoms with Crippen LogP contribution in [0.4, 0.5) is 5.69 Å². The van der Waals surface area contributed by atoms with Crippen molar-refractivity contribution >= 4 is 29.3 Å². The Morgan fingerprint density at radius 1 is 1.30 bits per heavy atom. The minimum atomic E-state index is -0.304. The lowest BCUT2D eigenvalue weighted by molar-refractivity contribution is -0.113. The number of nitrogens with one attached hydrogen (secondary N) is 2. The van der Waals surface area contributed by atoms with Gasteiger partial charge in [0.2, 0.25) is 5.91 Å². The number of aromatic amines is 1. The number of rotatable bonds is 9. The Morgan fingerprint density at radius 2 is 2.03 bits per heavy atom. The summed E-state index contributed by atoms with van der Waals surface area (Å²) in [4.78, 5) is 38.4. The van der Waals surface area contributed by atoms with Crippen LogP contribution in [0.5, 0.6) is 0 Å². The van der Waals surface area contributed by atoms with Gasteiger partial charge in [0.15, 0.2) is 5.16 Å². The third-order valence-corrected chi connectivity index (χ3v) is 5.91. The predicted octanol–water partition coefficient (Wildman–Crippen LogP) is 1.96. The molecule has 9 nitrogen and oxygen atoms in total. The summed E-state index contributed by atoms with van der Waals surface area (Å²) in [5.41, 5.74) is 0.887. The first-order valence-electron chi connectivity index (χ1n) is 10.1. The van der Waals surface area contributed by atoms with Gasteiger partial charge < -0.3 is 15.0 Å². The molecule has 2 heterocycles. The number of carbonyl (C=O) groups excluding carboxylic acids is 2. The highest BCUT2D eigenvalue weighted by Crippen LogP contribution is 2.19. The van der Waals surface area contributed by atoms with Crippen molar-refractivity contribution in [3.8, 4) is 0 Å². The summed E-state index contributed by atoms with van der Waals surface area (Å²) in [6, 6.07) is 6.83. The maximum absolute atomic E-state index is 12.3. The average Bonchev–Trinajstić information content (AvgIpc) is 3.39. The normalized spacial score (nSPS) is 15.9. The second-order valence-electron chi connectivity index (χ2n) is 6.95. The molecule has 0 aliphatic carbocycles. The number of amides is 2. The molecule has 162 valence electrons. The summed E-state index contributed by atoms with van der Waals surface area (Å²) < 4.78 is 7.09. The minimum Gasteiger partial charge on any atom is -0.376 e. The Balaban J connectivity index is 1.54. The second-order valence-corrected chi connectivity index (χ2v) is 7.89. The van der Waals surface area contributed by atoms with Gasteiger partial charge in [-0.05, 0) is 51.0 Å². The van der Waals surface area contributed by atoms with Crippen molar-refractivity contribution in [1.82, 2.24) is 19.7 Å². The fourth-order valence-corrected chi connectivity index (χ4v) is 4.04. The van der Waals surface area contributed by atoms with E-state index in [9.17, 15) is 14.4 Å². The number of thioether (sulfide) groups is 1. The SMILES string of the molecule is CCN(CC)C(=O)c1ccc(NC(=O)CSc2n[nH]c(=O)n2C[C@H]2CCCO2)cc1. The molecule has 0 radical (unpaired) electrons. The van der Waals surface area contributed by atoms with Crippen LogP contribution in [0.2, 0.25) is 0 Å². The zero-order valence-corrected chi connectivity index (χ0v) is 18.0. The highest BCUT2D eigenvalue weighted by Gasteiger charge is 2.20. The molecule has 30 heavy (non-hydrogen) atoms. The Kier molecular flexibility index (Phi) is 7.69. The zero-order chi connectivity index (χ0) is 21.5. The van der Waals surface area contributed by atoms with Crippen molar-refractivity contribution in [2.24, 2.45) is 0 Å². The molecule has 1 aliphatic heterocycles. The number of aromatic nitrogens is 3. The molecule has 0 saturated carbocycles. The van der Waals surface area contributed by atoms with Gasteiger partial charge in [-0.15, -0.1) is 5.10 Å². The van der Waals surface area contributed by atoms with E-state index in [2.05, 4.69) is 15.5 Å². The lowest BCUT2D eigenvalue weighted by Crippen LogP contribution is -2.30. The van der Waals surface area contributed by atoms with Gasteiger partial charge in [0.1, 0.15) is 0 Å². The number of carbonyl (C=O) groups is 2. The maximum atomic E-state index is 12.3. The molecule has 1 fully saturated rings. The lowest BCUT2D eigenvalue weighted by atomic mass is 10.2. The summed E-state index contributed by atoms with van der Waals surface area (Å²) >= 11 is 1.19. The van der Waals surface area contributed by atoms with Crippen LogP contribution < -0.4 is 11.0 Å². The lowest BCUT2D eigenvalue weighted by Gasteiger charge is -2.18. The third kappa shape index (κ3) is 5.51.